The van der Waals surface area contributed by atoms with Gasteiger partial charge in [-0.1, -0.05) is 35.3 Å². The third-order valence-electron chi connectivity index (χ3n) is 4.69. The van der Waals surface area contributed by atoms with Crippen molar-refractivity contribution >= 4 is 17.6 Å². The first-order valence-corrected chi connectivity index (χ1v) is 8.71. The Morgan fingerprint density at radius 1 is 1.27 bits per heavy atom. The van der Waals surface area contributed by atoms with Gasteiger partial charge in [0.1, 0.15) is 0 Å². The number of hydrogen-bond acceptors (Lipinski definition) is 6. The van der Waals surface area contributed by atoms with Crippen molar-refractivity contribution in [3.05, 3.63) is 65.3 Å². The Balaban J connectivity index is 1.46. The highest BCUT2D eigenvalue weighted by molar-refractivity contribution is 6.30. The van der Waals surface area contributed by atoms with E-state index >= 15 is 0 Å². The lowest BCUT2D eigenvalue weighted by atomic mass is 9.64. The van der Waals surface area contributed by atoms with E-state index in [9.17, 15) is 4.79 Å². The van der Waals surface area contributed by atoms with E-state index in [0.717, 1.165) is 30.4 Å². The van der Waals surface area contributed by atoms with Gasteiger partial charge >= 0.3 is 5.97 Å². The van der Waals surface area contributed by atoms with Crippen LogP contribution in [0, 0.1) is 0 Å². The molecule has 0 aliphatic heterocycles. The molecule has 2 heterocycles. The number of rotatable bonds is 5. The molecular formula is C19H16ClN3O3. The molecule has 1 aliphatic rings. The van der Waals surface area contributed by atoms with Crippen molar-refractivity contribution in [1.82, 2.24) is 15.1 Å². The monoisotopic (exact) mass is 369 g/mol. The number of pyridine rings is 1. The number of ether oxygens (including phenoxy) is 1. The van der Waals surface area contributed by atoms with E-state index in [-0.39, 0.29) is 18.5 Å². The average molecular weight is 370 g/mol. The molecule has 0 N–H and O–H groups in total. The molecule has 4 rings (SSSR count). The summed E-state index contributed by atoms with van der Waals surface area (Å²) >= 11 is 6.08. The number of benzene rings is 1. The molecule has 3 aromatic rings. The molecule has 132 valence electrons. The number of hydrogen-bond donors (Lipinski definition) is 0. The van der Waals surface area contributed by atoms with Gasteiger partial charge in [0.25, 0.3) is 5.89 Å². The fourth-order valence-corrected chi connectivity index (χ4v) is 3.31. The van der Waals surface area contributed by atoms with Crippen LogP contribution in [-0.2, 0) is 21.6 Å². The largest absolute Gasteiger partial charge is 0.455 e. The quantitative estimate of drug-likeness (QED) is 0.633. The molecule has 1 saturated carbocycles. The topological polar surface area (TPSA) is 78.1 Å². The lowest BCUT2D eigenvalue weighted by molar-refractivity contribution is -0.156. The van der Waals surface area contributed by atoms with Crippen LogP contribution in [0.25, 0.3) is 11.4 Å². The molecule has 6 nitrogen and oxygen atoms in total. The van der Waals surface area contributed by atoms with Crippen LogP contribution in [0.15, 0.2) is 53.3 Å². The first-order chi connectivity index (χ1) is 12.7. The van der Waals surface area contributed by atoms with E-state index in [0.29, 0.717) is 10.8 Å². The summed E-state index contributed by atoms with van der Waals surface area (Å²) in [6.07, 6.45) is 5.78. The Morgan fingerprint density at radius 3 is 2.85 bits per heavy atom. The Hall–Kier alpha value is -2.73. The predicted octanol–water partition coefficient (Wildman–Crippen LogP) is 3.95. The van der Waals surface area contributed by atoms with E-state index in [1.54, 1.807) is 24.5 Å². The second kappa shape index (κ2) is 6.88. The zero-order valence-corrected chi connectivity index (χ0v) is 14.6. The zero-order valence-electron chi connectivity index (χ0n) is 13.9. The minimum absolute atomic E-state index is 0.0611. The average Bonchev–Trinajstić information content (AvgIpc) is 3.09. The molecule has 1 fully saturated rings. The van der Waals surface area contributed by atoms with Crippen LogP contribution in [0.1, 0.15) is 30.7 Å². The van der Waals surface area contributed by atoms with Crippen LogP contribution in [-0.4, -0.2) is 21.1 Å². The van der Waals surface area contributed by atoms with Gasteiger partial charge in [0.05, 0.1) is 5.41 Å². The molecule has 1 aromatic carbocycles. The van der Waals surface area contributed by atoms with Crippen molar-refractivity contribution in [2.75, 3.05) is 0 Å². The number of carbonyl (C=O) groups is 1. The van der Waals surface area contributed by atoms with Crippen LogP contribution in [0.2, 0.25) is 5.02 Å². The molecule has 26 heavy (non-hydrogen) atoms. The summed E-state index contributed by atoms with van der Waals surface area (Å²) in [5.74, 6) is 0.377. The van der Waals surface area contributed by atoms with Crippen LogP contribution in [0.3, 0.4) is 0 Å². The number of esters is 1. The van der Waals surface area contributed by atoms with Gasteiger partial charge < -0.3 is 9.26 Å². The number of nitrogens with zero attached hydrogens (tertiary/aromatic N) is 3. The molecule has 0 unspecified atom stereocenters. The molecule has 0 radical (unpaired) electrons. The van der Waals surface area contributed by atoms with Crippen molar-refractivity contribution in [3.63, 3.8) is 0 Å². The van der Waals surface area contributed by atoms with Gasteiger partial charge in [0.2, 0.25) is 5.82 Å². The summed E-state index contributed by atoms with van der Waals surface area (Å²) in [5, 5.41) is 4.51. The lowest BCUT2D eigenvalue weighted by Crippen LogP contribution is -2.43. The highest BCUT2D eigenvalue weighted by Gasteiger charge is 2.47. The Morgan fingerprint density at radius 2 is 2.15 bits per heavy atom. The van der Waals surface area contributed by atoms with Gasteiger partial charge in [0.15, 0.2) is 6.61 Å². The van der Waals surface area contributed by atoms with Crippen molar-refractivity contribution in [2.45, 2.75) is 31.3 Å². The van der Waals surface area contributed by atoms with Crippen molar-refractivity contribution in [2.24, 2.45) is 0 Å². The summed E-state index contributed by atoms with van der Waals surface area (Å²) in [4.78, 5) is 21.0. The van der Waals surface area contributed by atoms with Gasteiger partial charge in [-0.3, -0.25) is 9.78 Å². The van der Waals surface area contributed by atoms with Gasteiger partial charge in [-0.05, 0) is 42.7 Å². The van der Waals surface area contributed by atoms with Crippen molar-refractivity contribution in [1.29, 1.82) is 0 Å². The van der Waals surface area contributed by atoms with Crippen LogP contribution in [0.5, 0.6) is 0 Å². The standard InChI is InChI=1S/C19H16ClN3O3/c20-15-6-1-5-14(10-15)19(7-3-8-19)18(24)25-12-16-22-17(23-26-16)13-4-2-9-21-11-13/h1-2,4-6,9-11H,3,7-8,12H2. The first-order valence-electron chi connectivity index (χ1n) is 8.34. The number of halogens is 1. The summed E-state index contributed by atoms with van der Waals surface area (Å²) < 4.78 is 10.7. The maximum atomic E-state index is 12.7. The molecule has 0 saturated heterocycles. The minimum Gasteiger partial charge on any atom is -0.455 e. The predicted molar refractivity (Wildman–Crippen MR) is 94.3 cm³/mol. The molecule has 0 bridgehead atoms. The zero-order chi connectivity index (χ0) is 18.0. The summed E-state index contributed by atoms with van der Waals surface area (Å²) in [6, 6.07) is 11.0. The van der Waals surface area contributed by atoms with E-state index in [1.807, 2.05) is 24.3 Å². The second-order valence-corrected chi connectivity index (χ2v) is 6.71. The van der Waals surface area contributed by atoms with Crippen molar-refractivity contribution in [3.8, 4) is 11.4 Å². The minimum atomic E-state index is -0.628. The Kier molecular flexibility index (Phi) is 4.42. The summed E-state index contributed by atoms with van der Waals surface area (Å²) in [5.41, 5.74) is 1.00. The van der Waals surface area contributed by atoms with E-state index in [4.69, 9.17) is 20.9 Å². The second-order valence-electron chi connectivity index (χ2n) is 6.28. The maximum absolute atomic E-state index is 12.7. The third-order valence-corrected chi connectivity index (χ3v) is 4.92. The highest BCUT2D eigenvalue weighted by Crippen LogP contribution is 2.45. The summed E-state index contributed by atoms with van der Waals surface area (Å²) in [7, 11) is 0. The smallest absolute Gasteiger partial charge is 0.317 e. The molecule has 7 heteroatoms. The SMILES string of the molecule is O=C(OCc1nc(-c2cccnc2)no1)C1(c2cccc(Cl)c2)CCC1. The fraction of sp³-hybridized carbons (Fsp3) is 0.263. The van der Waals surface area contributed by atoms with Crippen LogP contribution in [0.4, 0.5) is 0 Å². The van der Waals surface area contributed by atoms with E-state index < -0.39 is 5.41 Å². The van der Waals surface area contributed by atoms with Crippen LogP contribution < -0.4 is 0 Å². The lowest BCUT2D eigenvalue weighted by Gasteiger charge is -2.39. The van der Waals surface area contributed by atoms with Crippen molar-refractivity contribution < 1.29 is 14.1 Å². The Bertz CT molecular complexity index is 923. The molecular weight excluding hydrogens is 354 g/mol. The maximum Gasteiger partial charge on any atom is 0.317 e. The van der Waals surface area contributed by atoms with Gasteiger partial charge in [-0.15, -0.1) is 0 Å². The molecule has 1 aliphatic carbocycles. The normalized spacial score (nSPS) is 15.3. The Labute approximate surface area is 155 Å². The summed E-state index contributed by atoms with van der Waals surface area (Å²) in [6.45, 7) is -0.0611. The molecule has 0 spiro atoms. The molecule has 0 amide bonds. The fourth-order valence-electron chi connectivity index (χ4n) is 3.12. The first kappa shape index (κ1) is 16.7. The number of carbonyl (C=O) groups excluding carboxylic acids is 1. The van der Waals surface area contributed by atoms with E-state index in [1.165, 1.54) is 0 Å². The van der Waals surface area contributed by atoms with Gasteiger partial charge in [-0.2, -0.15) is 4.98 Å². The molecule has 2 aromatic heterocycles. The number of aromatic nitrogens is 3. The highest BCUT2D eigenvalue weighted by atomic mass is 35.5. The third kappa shape index (κ3) is 3.08. The van der Waals surface area contributed by atoms with Gasteiger partial charge in [-0.25, -0.2) is 0 Å². The molecule has 0 atom stereocenters. The van der Waals surface area contributed by atoms with Gasteiger partial charge in [0, 0.05) is 23.0 Å². The van der Waals surface area contributed by atoms with Crippen LogP contribution >= 0.6 is 11.6 Å². The van der Waals surface area contributed by atoms with E-state index in [2.05, 4.69) is 15.1 Å².